The molecule has 0 aromatic heterocycles. The lowest BCUT2D eigenvalue weighted by molar-refractivity contribution is 0.117. The van der Waals surface area contributed by atoms with E-state index in [1.54, 1.807) is 0 Å². The van der Waals surface area contributed by atoms with Gasteiger partial charge in [0.25, 0.3) is 0 Å². The molecular formula is C18H20N2O. The van der Waals surface area contributed by atoms with Gasteiger partial charge in [0.15, 0.2) is 0 Å². The van der Waals surface area contributed by atoms with Gasteiger partial charge >= 0.3 is 0 Å². The minimum absolute atomic E-state index is 0.0941. The van der Waals surface area contributed by atoms with Gasteiger partial charge in [-0.2, -0.15) is 5.26 Å². The van der Waals surface area contributed by atoms with Crippen LogP contribution in [0.15, 0.2) is 42.5 Å². The molecule has 1 N–H and O–H groups in total. The number of hydrogen-bond acceptors (Lipinski definition) is 3. The first-order chi connectivity index (χ1) is 10.3. The van der Waals surface area contributed by atoms with E-state index < -0.39 is 5.54 Å². The molecule has 2 aromatic rings. The number of fused-ring (bicyclic) bond motifs is 1. The zero-order valence-electron chi connectivity index (χ0n) is 12.3. The van der Waals surface area contributed by atoms with Crippen LogP contribution in [-0.2, 0) is 0 Å². The average molecular weight is 280 g/mol. The zero-order valence-corrected chi connectivity index (χ0v) is 12.3. The smallest absolute Gasteiger partial charge is 0.127 e. The van der Waals surface area contributed by atoms with E-state index in [9.17, 15) is 5.26 Å². The van der Waals surface area contributed by atoms with Crippen LogP contribution in [0, 0.1) is 11.3 Å². The predicted octanol–water partition coefficient (Wildman–Crippen LogP) is 3.64. The van der Waals surface area contributed by atoms with Crippen LogP contribution in [0.4, 0.5) is 0 Å². The van der Waals surface area contributed by atoms with Crippen molar-refractivity contribution in [3.63, 3.8) is 0 Å². The van der Waals surface area contributed by atoms with Gasteiger partial charge in [0.05, 0.1) is 6.07 Å². The summed E-state index contributed by atoms with van der Waals surface area (Å²) in [5.74, 6) is 0.919. The molecule has 0 aliphatic heterocycles. The minimum Gasteiger partial charge on any atom is -0.490 e. The first-order valence-corrected chi connectivity index (χ1v) is 7.51. The monoisotopic (exact) mass is 280 g/mol. The van der Waals surface area contributed by atoms with Crippen LogP contribution in [0.2, 0.25) is 0 Å². The Hall–Kier alpha value is -2.05. The third-order valence-electron chi connectivity index (χ3n) is 4.44. The third kappa shape index (κ3) is 2.72. The van der Waals surface area contributed by atoms with Gasteiger partial charge in [-0.25, -0.2) is 0 Å². The van der Waals surface area contributed by atoms with E-state index in [1.165, 1.54) is 5.39 Å². The Labute approximate surface area is 125 Å². The summed E-state index contributed by atoms with van der Waals surface area (Å²) >= 11 is 0. The standard InChI is InChI=1S/C18H20N2O/c1-20-18(13-19)11-5-8-15(12-18)21-17-10-4-7-14-6-2-3-9-16(14)17/h2-4,6-7,9-10,15,20H,5,8,11-12H2,1H3. The van der Waals surface area contributed by atoms with Gasteiger partial charge in [0.1, 0.15) is 17.4 Å². The number of benzene rings is 2. The SMILES string of the molecule is CNC1(C#N)CCCC(Oc2cccc3ccccc23)C1. The summed E-state index contributed by atoms with van der Waals surface area (Å²) in [5, 5.41) is 14.9. The highest BCUT2D eigenvalue weighted by Crippen LogP contribution is 2.33. The number of hydrogen-bond donors (Lipinski definition) is 1. The molecule has 0 heterocycles. The Balaban J connectivity index is 1.84. The number of nitriles is 1. The molecule has 2 unspecified atom stereocenters. The average Bonchev–Trinajstić information content (AvgIpc) is 2.55. The molecule has 3 rings (SSSR count). The number of rotatable bonds is 3. The van der Waals surface area contributed by atoms with Crippen molar-refractivity contribution in [1.82, 2.24) is 5.32 Å². The van der Waals surface area contributed by atoms with Crippen LogP contribution in [0.5, 0.6) is 5.75 Å². The van der Waals surface area contributed by atoms with Crippen molar-refractivity contribution in [2.45, 2.75) is 37.3 Å². The highest BCUT2D eigenvalue weighted by Gasteiger charge is 2.36. The Kier molecular flexibility index (Phi) is 3.81. The van der Waals surface area contributed by atoms with Gasteiger partial charge in [0, 0.05) is 11.8 Å². The molecule has 21 heavy (non-hydrogen) atoms. The van der Waals surface area contributed by atoms with Crippen molar-refractivity contribution in [2.24, 2.45) is 0 Å². The van der Waals surface area contributed by atoms with Crippen molar-refractivity contribution in [3.8, 4) is 11.8 Å². The van der Waals surface area contributed by atoms with Crippen LogP contribution in [-0.4, -0.2) is 18.7 Å². The summed E-state index contributed by atoms with van der Waals surface area (Å²) in [6.45, 7) is 0. The second-order valence-corrected chi connectivity index (χ2v) is 5.76. The topological polar surface area (TPSA) is 45.0 Å². The fourth-order valence-electron chi connectivity index (χ4n) is 3.19. The molecular weight excluding hydrogens is 260 g/mol. The van der Waals surface area contributed by atoms with Crippen molar-refractivity contribution < 1.29 is 4.74 Å². The molecule has 3 heteroatoms. The van der Waals surface area contributed by atoms with Crippen molar-refractivity contribution in [3.05, 3.63) is 42.5 Å². The molecule has 1 saturated carbocycles. The first kappa shape index (κ1) is 13.9. The van der Waals surface area contributed by atoms with Crippen molar-refractivity contribution in [2.75, 3.05) is 7.05 Å². The van der Waals surface area contributed by atoms with Crippen LogP contribution >= 0.6 is 0 Å². The summed E-state index contributed by atoms with van der Waals surface area (Å²) < 4.78 is 6.24. The third-order valence-corrected chi connectivity index (χ3v) is 4.44. The number of ether oxygens (including phenoxy) is 1. The minimum atomic E-state index is -0.437. The molecule has 2 aromatic carbocycles. The molecule has 0 saturated heterocycles. The number of nitrogens with one attached hydrogen (secondary N) is 1. The molecule has 0 radical (unpaired) electrons. The van der Waals surface area contributed by atoms with E-state index >= 15 is 0 Å². The van der Waals surface area contributed by atoms with E-state index in [4.69, 9.17) is 4.74 Å². The summed E-state index contributed by atoms with van der Waals surface area (Å²) in [7, 11) is 1.86. The molecule has 1 aliphatic rings. The molecule has 0 spiro atoms. The summed E-state index contributed by atoms with van der Waals surface area (Å²) in [4.78, 5) is 0. The zero-order chi connectivity index (χ0) is 14.7. The molecule has 0 amide bonds. The Morgan fingerprint density at radius 3 is 2.86 bits per heavy atom. The maximum Gasteiger partial charge on any atom is 0.127 e. The Bertz CT molecular complexity index is 671. The largest absolute Gasteiger partial charge is 0.490 e. The van der Waals surface area contributed by atoms with E-state index in [1.807, 2.05) is 31.3 Å². The summed E-state index contributed by atoms with van der Waals surface area (Å²) in [5.41, 5.74) is -0.437. The van der Waals surface area contributed by atoms with E-state index in [2.05, 4.69) is 29.6 Å². The fraction of sp³-hybridized carbons (Fsp3) is 0.389. The van der Waals surface area contributed by atoms with Gasteiger partial charge in [-0.05, 0) is 37.8 Å². The van der Waals surface area contributed by atoms with Gasteiger partial charge < -0.3 is 10.1 Å². The first-order valence-electron chi connectivity index (χ1n) is 7.51. The van der Waals surface area contributed by atoms with E-state index in [0.717, 1.165) is 36.8 Å². The van der Waals surface area contributed by atoms with E-state index in [-0.39, 0.29) is 6.10 Å². The van der Waals surface area contributed by atoms with E-state index in [0.29, 0.717) is 0 Å². The summed E-state index contributed by atoms with van der Waals surface area (Å²) in [6.07, 6.45) is 3.76. The Morgan fingerprint density at radius 1 is 1.24 bits per heavy atom. The van der Waals surface area contributed by atoms with Crippen LogP contribution < -0.4 is 10.1 Å². The lowest BCUT2D eigenvalue weighted by atomic mass is 9.81. The van der Waals surface area contributed by atoms with Crippen molar-refractivity contribution >= 4 is 10.8 Å². The maximum absolute atomic E-state index is 9.43. The molecule has 0 bridgehead atoms. The van der Waals surface area contributed by atoms with Crippen LogP contribution in [0.25, 0.3) is 10.8 Å². The lowest BCUT2D eigenvalue weighted by Crippen LogP contribution is -2.48. The molecule has 108 valence electrons. The van der Waals surface area contributed by atoms with Crippen LogP contribution in [0.3, 0.4) is 0 Å². The lowest BCUT2D eigenvalue weighted by Gasteiger charge is -2.35. The molecule has 1 fully saturated rings. The van der Waals surface area contributed by atoms with Gasteiger partial charge in [-0.15, -0.1) is 0 Å². The quantitative estimate of drug-likeness (QED) is 0.933. The maximum atomic E-state index is 9.43. The highest BCUT2D eigenvalue weighted by atomic mass is 16.5. The predicted molar refractivity (Wildman–Crippen MR) is 84.2 cm³/mol. The number of nitrogens with zero attached hydrogens (tertiary/aromatic N) is 1. The summed E-state index contributed by atoms with van der Waals surface area (Å²) in [6, 6.07) is 16.8. The molecule has 2 atom stereocenters. The highest BCUT2D eigenvalue weighted by molar-refractivity contribution is 5.88. The molecule has 3 nitrogen and oxygen atoms in total. The van der Waals surface area contributed by atoms with Gasteiger partial charge in [-0.3, -0.25) is 0 Å². The second-order valence-electron chi connectivity index (χ2n) is 5.76. The molecule has 1 aliphatic carbocycles. The van der Waals surface area contributed by atoms with Gasteiger partial charge in [-0.1, -0.05) is 36.4 Å². The van der Waals surface area contributed by atoms with Crippen LogP contribution in [0.1, 0.15) is 25.7 Å². The van der Waals surface area contributed by atoms with Crippen molar-refractivity contribution in [1.29, 1.82) is 5.26 Å². The fourth-order valence-corrected chi connectivity index (χ4v) is 3.19. The Morgan fingerprint density at radius 2 is 2.05 bits per heavy atom. The van der Waals surface area contributed by atoms with Gasteiger partial charge in [0.2, 0.25) is 0 Å². The second kappa shape index (κ2) is 5.75. The normalized spacial score (nSPS) is 25.4.